The number of aromatic amines is 1. The van der Waals surface area contributed by atoms with Gasteiger partial charge < -0.3 is 4.98 Å². The number of benzene rings is 2. The summed E-state index contributed by atoms with van der Waals surface area (Å²) in [6.07, 6.45) is 0.385. The summed E-state index contributed by atoms with van der Waals surface area (Å²) in [4.78, 5) is 31.1. The number of nitro benzene ring substituents is 1. The molecule has 2 aromatic heterocycles. The topological polar surface area (TPSA) is 88.9 Å². The fourth-order valence-corrected chi connectivity index (χ4v) is 4.12. The SMILES string of the molecule is Cc1cc(-c2csc3nc(Cc4ccc([N+](=O)[O-])cc4)[nH]c(=O)c23)ccc1Cl. The lowest BCUT2D eigenvalue weighted by Crippen LogP contribution is -2.11. The largest absolute Gasteiger partial charge is 0.310 e. The van der Waals surface area contributed by atoms with Crippen LogP contribution < -0.4 is 5.56 Å². The molecule has 4 rings (SSSR count). The van der Waals surface area contributed by atoms with E-state index in [0.29, 0.717) is 27.5 Å². The highest BCUT2D eigenvalue weighted by Crippen LogP contribution is 2.32. The lowest BCUT2D eigenvalue weighted by atomic mass is 10.0. The Morgan fingerprint density at radius 3 is 2.64 bits per heavy atom. The molecule has 1 N–H and O–H groups in total. The standard InChI is InChI=1S/C20H14ClN3O3S/c1-11-8-13(4-7-16(11)21)15-10-28-20-18(15)19(25)22-17(23-20)9-12-2-5-14(6-3-12)24(26)27/h2-8,10H,9H2,1H3,(H,22,23,25). The number of thiophene rings is 1. The van der Waals surface area contributed by atoms with Crippen LogP contribution in [-0.2, 0) is 6.42 Å². The molecule has 6 nitrogen and oxygen atoms in total. The van der Waals surface area contributed by atoms with Crippen molar-refractivity contribution in [1.82, 2.24) is 9.97 Å². The fraction of sp³-hybridized carbons (Fsp3) is 0.100. The van der Waals surface area contributed by atoms with E-state index in [4.69, 9.17) is 11.6 Å². The number of halogens is 1. The van der Waals surface area contributed by atoms with Crippen LogP contribution in [0.4, 0.5) is 5.69 Å². The molecule has 0 aliphatic heterocycles. The van der Waals surface area contributed by atoms with Crippen molar-refractivity contribution in [2.75, 3.05) is 0 Å². The third-order valence-electron chi connectivity index (χ3n) is 4.48. The van der Waals surface area contributed by atoms with Gasteiger partial charge in [0.2, 0.25) is 0 Å². The molecule has 28 heavy (non-hydrogen) atoms. The van der Waals surface area contributed by atoms with Gasteiger partial charge in [-0.3, -0.25) is 14.9 Å². The summed E-state index contributed by atoms with van der Waals surface area (Å²) >= 11 is 7.51. The van der Waals surface area contributed by atoms with Gasteiger partial charge in [0.25, 0.3) is 11.2 Å². The van der Waals surface area contributed by atoms with Crippen LogP contribution in [0.2, 0.25) is 5.02 Å². The maximum absolute atomic E-state index is 12.7. The van der Waals surface area contributed by atoms with E-state index in [-0.39, 0.29) is 11.2 Å². The first-order chi connectivity index (χ1) is 13.4. The Balaban J connectivity index is 1.71. The van der Waals surface area contributed by atoms with E-state index < -0.39 is 4.92 Å². The van der Waals surface area contributed by atoms with Crippen molar-refractivity contribution in [3.05, 3.63) is 90.3 Å². The van der Waals surface area contributed by atoms with Crippen molar-refractivity contribution in [3.63, 3.8) is 0 Å². The lowest BCUT2D eigenvalue weighted by Gasteiger charge is -2.04. The molecule has 2 heterocycles. The molecule has 0 unspecified atom stereocenters. The molecule has 140 valence electrons. The van der Waals surface area contributed by atoms with Gasteiger partial charge >= 0.3 is 0 Å². The predicted octanol–water partition coefficient (Wildman–Crippen LogP) is 5.11. The van der Waals surface area contributed by atoms with Gasteiger partial charge in [-0.15, -0.1) is 11.3 Å². The minimum atomic E-state index is -0.443. The van der Waals surface area contributed by atoms with Crippen molar-refractivity contribution in [3.8, 4) is 11.1 Å². The first kappa shape index (κ1) is 18.3. The normalized spacial score (nSPS) is 11.1. The molecule has 0 aliphatic rings. The van der Waals surface area contributed by atoms with Crippen LogP contribution in [0.5, 0.6) is 0 Å². The van der Waals surface area contributed by atoms with Crippen molar-refractivity contribution < 1.29 is 4.92 Å². The number of non-ortho nitro benzene ring substituents is 1. The predicted molar refractivity (Wildman–Crippen MR) is 111 cm³/mol. The minimum Gasteiger partial charge on any atom is -0.310 e. The van der Waals surface area contributed by atoms with Crippen molar-refractivity contribution in [1.29, 1.82) is 0 Å². The van der Waals surface area contributed by atoms with Gasteiger partial charge in [-0.05, 0) is 35.7 Å². The molecule has 0 bridgehead atoms. The highest BCUT2D eigenvalue weighted by atomic mass is 35.5. The second-order valence-electron chi connectivity index (χ2n) is 6.41. The number of aryl methyl sites for hydroxylation is 1. The molecule has 0 atom stereocenters. The summed E-state index contributed by atoms with van der Waals surface area (Å²) < 4.78 is 0. The molecule has 0 spiro atoms. The van der Waals surface area contributed by atoms with E-state index in [1.165, 1.54) is 23.5 Å². The molecule has 0 fully saturated rings. The monoisotopic (exact) mass is 411 g/mol. The third-order valence-corrected chi connectivity index (χ3v) is 5.78. The zero-order valence-corrected chi connectivity index (χ0v) is 16.3. The number of nitro groups is 1. The molecule has 0 radical (unpaired) electrons. The van der Waals surface area contributed by atoms with E-state index >= 15 is 0 Å². The Hall–Kier alpha value is -3.03. The van der Waals surface area contributed by atoms with Crippen LogP contribution in [0, 0.1) is 17.0 Å². The Kier molecular flexibility index (Phi) is 4.70. The van der Waals surface area contributed by atoms with Crippen molar-refractivity contribution in [2.24, 2.45) is 0 Å². The second kappa shape index (κ2) is 7.18. The Bertz CT molecular complexity index is 1260. The van der Waals surface area contributed by atoms with Gasteiger partial charge in [-0.1, -0.05) is 29.8 Å². The summed E-state index contributed by atoms with van der Waals surface area (Å²) in [5.41, 5.74) is 3.35. The molecule has 0 aliphatic carbocycles. The molecule has 0 saturated heterocycles. The Morgan fingerprint density at radius 2 is 1.96 bits per heavy atom. The smallest absolute Gasteiger partial charge is 0.269 e. The number of fused-ring (bicyclic) bond motifs is 1. The summed E-state index contributed by atoms with van der Waals surface area (Å²) in [6.45, 7) is 1.92. The Morgan fingerprint density at radius 1 is 1.21 bits per heavy atom. The fourth-order valence-electron chi connectivity index (χ4n) is 3.03. The number of rotatable bonds is 4. The van der Waals surface area contributed by atoms with E-state index in [1.54, 1.807) is 12.1 Å². The van der Waals surface area contributed by atoms with Crippen LogP contribution >= 0.6 is 22.9 Å². The van der Waals surface area contributed by atoms with Crippen molar-refractivity contribution in [2.45, 2.75) is 13.3 Å². The van der Waals surface area contributed by atoms with Gasteiger partial charge in [0.1, 0.15) is 10.7 Å². The highest BCUT2D eigenvalue weighted by Gasteiger charge is 2.14. The summed E-state index contributed by atoms with van der Waals surface area (Å²) in [5.74, 6) is 0.520. The molecular weight excluding hydrogens is 398 g/mol. The lowest BCUT2D eigenvalue weighted by molar-refractivity contribution is -0.384. The molecule has 0 saturated carbocycles. The number of aromatic nitrogens is 2. The van der Waals surface area contributed by atoms with Crippen LogP contribution in [0.15, 0.2) is 52.6 Å². The van der Waals surface area contributed by atoms with E-state index in [2.05, 4.69) is 9.97 Å². The van der Waals surface area contributed by atoms with E-state index in [1.807, 2.05) is 30.5 Å². The number of hydrogen-bond donors (Lipinski definition) is 1. The zero-order chi connectivity index (χ0) is 19.8. The maximum atomic E-state index is 12.7. The average molecular weight is 412 g/mol. The summed E-state index contributed by atoms with van der Waals surface area (Å²) in [5, 5.41) is 13.9. The van der Waals surface area contributed by atoms with Gasteiger partial charge in [-0.2, -0.15) is 0 Å². The van der Waals surface area contributed by atoms with Crippen LogP contribution in [0.1, 0.15) is 17.0 Å². The zero-order valence-electron chi connectivity index (χ0n) is 14.7. The number of nitrogens with one attached hydrogen (secondary N) is 1. The maximum Gasteiger partial charge on any atom is 0.269 e. The van der Waals surface area contributed by atoms with Crippen LogP contribution in [-0.4, -0.2) is 14.9 Å². The molecule has 8 heteroatoms. The third kappa shape index (κ3) is 3.42. The molecule has 2 aromatic carbocycles. The molecule has 0 amide bonds. The number of nitrogens with zero attached hydrogens (tertiary/aromatic N) is 2. The summed E-state index contributed by atoms with van der Waals surface area (Å²) in [6, 6.07) is 11.9. The average Bonchev–Trinajstić information content (AvgIpc) is 3.09. The van der Waals surface area contributed by atoms with Gasteiger partial charge in [0, 0.05) is 34.5 Å². The first-order valence-corrected chi connectivity index (χ1v) is 9.68. The Labute approximate surface area is 168 Å². The van der Waals surface area contributed by atoms with Gasteiger partial charge in [0.15, 0.2) is 0 Å². The number of H-pyrrole nitrogens is 1. The van der Waals surface area contributed by atoms with Crippen LogP contribution in [0.25, 0.3) is 21.3 Å². The highest BCUT2D eigenvalue weighted by molar-refractivity contribution is 7.17. The van der Waals surface area contributed by atoms with Crippen molar-refractivity contribution >= 4 is 38.8 Å². The summed E-state index contributed by atoms with van der Waals surface area (Å²) in [7, 11) is 0. The van der Waals surface area contributed by atoms with Gasteiger partial charge in [-0.25, -0.2) is 4.98 Å². The molecule has 4 aromatic rings. The molecular formula is C20H14ClN3O3S. The number of hydrogen-bond acceptors (Lipinski definition) is 5. The van der Waals surface area contributed by atoms with Gasteiger partial charge in [0.05, 0.1) is 10.3 Å². The quantitative estimate of drug-likeness (QED) is 0.373. The minimum absolute atomic E-state index is 0.0295. The first-order valence-electron chi connectivity index (χ1n) is 8.42. The van der Waals surface area contributed by atoms with Crippen LogP contribution in [0.3, 0.4) is 0 Å². The second-order valence-corrected chi connectivity index (χ2v) is 7.67. The van der Waals surface area contributed by atoms with E-state index in [9.17, 15) is 14.9 Å². The van der Waals surface area contributed by atoms with E-state index in [0.717, 1.165) is 22.3 Å².